The Morgan fingerprint density at radius 1 is 1.29 bits per heavy atom. The molecule has 1 fully saturated rings. The maximum absolute atomic E-state index is 12.9. The third-order valence-electron chi connectivity index (χ3n) is 4.30. The molecule has 118 valence electrons. The lowest BCUT2D eigenvalue weighted by atomic mass is 9.96. The van der Waals surface area contributed by atoms with Gasteiger partial charge in [-0.3, -0.25) is 0 Å². The van der Waals surface area contributed by atoms with E-state index >= 15 is 0 Å². The van der Waals surface area contributed by atoms with E-state index in [0.717, 1.165) is 12.1 Å². The lowest BCUT2D eigenvalue weighted by molar-refractivity contribution is -0.175. The van der Waals surface area contributed by atoms with E-state index in [-0.39, 0.29) is 13.0 Å². The molecule has 2 nitrogen and oxygen atoms in total. The van der Waals surface area contributed by atoms with E-state index in [1.165, 1.54) is 5.56 Å². The van der Waals surface area contributed by atoms with Crippen LogP contribution in [0.25, 0.3) is 0 Å². The van der Waals surface area contributed by atoms with E-state index < -0.39 is 12.1 Å². The van der Waals surface area contributed by atoms with Gasteiger partial charge in [0.05, 0.1) is 5.92 Å². The Morgan fingerprint density at radius 2 is 1.95 bits per heavy atom. The second-order valence-electron chi connectivity index (χ2n) is 5.67. The fraction of sp³-hybridized carbons (Fsp3) is 0.625. The van der Waals surface area contributed by atoms with Crippen LogP contribution in [-0.2, 0) is 0 Å². The summed E-state index contributed by atoms with van der Waals surface area (Å²) >= 11 is 0. The highest BCUT2D eigenvalue weighted by molar-refractivity contribution is 5.48. The van der Waals surface area contributed by atoms with Crippen LogP contribution in [0.1, 0.15) is 37.8 Å². The second kappa shape index (κ2) is 6.69. The van der Waals surface area contributed by atoms with Gasteiger partial charge in [-0.25, -0.2) is 0 Å². The van der Waals surface area contributed by atoms with E-state index in [1.807, 2.05) is 36.2 Å². The normalized spacial score (nSPS) is 21.4. The van der Waals surface area contributed by atoms with Crippen LogP contribution < -0.4 is 10.2 Å². The van der Waals surface area contributed by atoms with Gasteiger partial charge in [-0.05, 0) is 44.0 Å². The van der Waals surface area contributed by atoms with Gasteiger partial charge < -0.3 is 10.2 Å². The van der Waals surface area contributed by atoms with Gasteiger partial charge in [-0.2, -0.15) is 13.2 Å². The van der Waals surface area contributed by atoms with Crippen LogP contribution in [0.15, 0.2) is 24.3 Å². The number of alkyl halides is 3. The lowest BCUT2D eigenvalue weighted by Crippen LogP contribution is -2.41. The minimum atomic E-state index is -4.09. The topological polar surface area (TPSA) is 15.3 Å². The first-order valence-corrected chi connectivity index (χ1v) is 7.54. The Morgan fingerprint density at radius 3 is 2.48 bits per heavy atom. The number of anilines is 1. The lowest BCUT2D eigenvalue weighted by Gasteiger charge is -2.35. The van der Waals surface area contributed by atoms with E-state index in [9.17, 15) is 13.2 Å². The van der Waals surface area contributed by atoms with E-state index in [2.05, 4.69) is 12.2 Å². The van der Waals surface area contributed by atoms with E-state index in [1.54, 1.807) is 0 Å². The Hall–Kier alpha value is -1.23. The number of rotatable bonds is 4. The Kier molecular flexibility index (Phi) is 5.14. The highest BCUT2D eigenvalue weighted by Crippen LogP contribution is 2.35. The van der Waals surface area contributed by atoms with Crippen molar-refractivity contribution in [3.8, 4) is 0 Å². The molecule has 5 heteroatoms. The fourth-order valence-electron chi connectivity index (χ4n) is 3.00. The molecule has 0 aliphatic carbocycles. The zero-order chi connectivity index (χ0) is 15.5. The smallest absolute Gasteiger partial charge is 0.371 e. The molecule has 1 aromatic carbocycles. The first-order chi connectivity index (χ1) is 9.95. The van der Waals surface area contributed by atoms with Crippen molar-refractivity contribution >= 4 is 5.69 Å². The molecule has 2 rings (SSSR count). The van der Waals surface area contributed by atoms with Gasteiger partial charge in [0.25, 0.3) is 0 Å². The van der Waals surface area contributed by atoms with Gasteiger partial charge >= 0.3 is 6.18 Å². The van der Waals surface area contributed by atoms with Gasteiger partial charge in [0, 0.05) is 24.8 Å². The number of nitrogens with zero attached hydrogens (tertiary/aromatic N) is 1. The molecule has 0 radical (unpaired) electrons. The zero-order valence-corrected chi connectivity index (χ0v) is 12.6. The van der Waals surface area contributed by atoms with Crippen molar-refractivity contribution in [3.05, 3.63) is 29.8 Å². The average Bonchev–Trinajstić information content (AvgIpc) is 2.48. The molecule has 21 heavy (non-hydrogen) atoms. The molecule has 1 N–H and O–H groups in total. The van der Waals surface area contributed by atoms with Crippen LogP contribution in [-0.4, -0.2) is 26.3 Å². The first-order valence-electron chi connectivity index (χ1n) is 7.54. The zero-order valence-electron chi connectivity index (χ0n) is 12.6. The predicted molar refractivity (Wildman–Crippen MR) is 79.5 cm³/mol. The maximum atomic E-state index is 12.9. The van der Waals surface area contributed by atoms with Crippen molar-refractivity contribution in [3.63, 3.8) is 0 Å². The van der Waals surface area contributed by atoms with Gasteiger partial charge in [0.1, 0.15) is 0 Å². The molecule has 1 aliphatic heterocycles. The van der Waals surface area contributed by atoms with Gasteiger partial charge in [-0.1, -0.05) is 19.1 Å². The highest BCUT2D eigenvalue weighted by Gasteiger charge is 2.41. The molecule has 1 heterocycles. The minimum absolute atomic E-state index is 0.0755. The molecule has 2 atom stereocenters. The van der Waals surface area contributed by atoms with Gasteiger partial charge in [0.2, 0.25) is 0 Å². The minimum Gasteiger partial charge on any atom is -0.371 e. The summed E-state index contributed by atoms with van der Waals surface area (Å²) in [6, 6.07) is 8.19. The van der Waals surface area contributed by atoms with Gasteiger partial charge in [-0.15, -0.1) is 0 Å². The monoisotopic (exact) mass is 300 g/mol. The van der Waals surface area contributed by atoms with Crippen molar-refractivity contribution in [2.75, 3.05) is 25.0 Å². The van der Waals surface area contributed by atoms with Crippen LogP contribution in [0.5, 0.6) is 0 Å². The van der Waals surface area contributed by atoms with Crippen LogP contribution >= 0.6 is 0 Å². The molecule has 0 aromatic heterocycles. The second-order valence-corrected chi connectivity index (χ2v) is 5.67. The molecule has 0 saturated carbocycles. The SMILES string of the molecule is CCC(NC)c1ccc(N2CCCC(C(F)(F)F)C2)cc1. The van der Waals surface area contributed by atoms with Crippen LogP contribution in [0.4, 0.5) is 18.9 Å². The number of nitrogens with one attached hydrogen (secondary N) is 1. The maximum Gasteiger partial charge on any atom is 0.393 e. The first kappa shape index (κ1) is 16.1. The van der Waals surface area contributed by atoms with E-state index in [4.69, 9.17) is 0 Å². The van der Waals surface area contributed by atoms with Crippen LogP contribution in [0.2, 0.25) is 0 Å². The number of piperidine rings is 1. The van der Waals surface area contributed by atoms with Crippen molar-refractivity contribution in [1.82, 2.24) is 5.32 Å². The summed E-state index contributed by atoms with van der Waals surface area (Å²) in [5, 5.41) is 3.23. The highest BCUT2D eigenvalue weighted by atomic mass is 19.4. The molecule has 1 aromatic rings. The molecule has 0 spiro atoms. The predicted octanol–water partition coefficient (Wildman–Crippen LogP) is 4.14. The summed E-state index contributed by atoms with van der Waals surface area (Å²) in [6.07, 6.45) is -2.26. The van der Waals surface area contributed by atoms with E-state index in [0.29, 0.717) is 19.0 Å². The Labute approximate surface area is 124 Å². The number of benzene rings is 1. The van der Waals surface area contributed by atoms with Gasteiger partial charge in [0.15, 0.2) is 0 Å². The average molecular weight is 300 g/mol. The number of halogens is 3. The Bertz CT molecular complexity index is 438. The third-order valence-corrected chi connectivity index (χ3v) is 4.30. The molecule has 1 saturated heterocycles. The van der Waals surface area contributed by atoms with Crippen LogP contribution in [0, 0.1) is 5.92 Å². The molecule has 1 aliphatic rings. The van der Waals surface area contributed by atoms with Crippen molar-refractivity contribution in [2.24, 2.45) is 5.92 Å². The summed E-state index contributed by atoms with van der Waals surface area (Å²) in [5.74, 6) is -1.20. The Balaban J connectivity index is 2.08. The summed E-state index contributed by atoms with van der Waals surface area (Å²) < 4.78 is 38.6. The van der Waals surface area contributed by atoms with Crippen molar-refractivity contribution in [2.45, 2.75) is 38.4 Å². The largest absolute Gasteiger partial charge is 0.393 e. The summed E-state index contributed by atoms with van der Waals surface area (Å²) in [5.41, 5.74) is 2.06. The quantitative estimate of drug-likeness (QED) is 0.899. The molecular weight excluding hydrogens is 277 g/mol. The van der Waals surface area contributed by atoms with Crippen molar-refractivity contribution < 1.29 is 13.2 Å². The number of hydrogen-bond acceptors (Lipinski definition) is 2. The third kappa shape index (κ3) is 3.90. The van der Waals surface area contributed by atoms with Crippen LogP contribution in [0.3, 0.4) is 0 Å². The number of hydrogen-bond donors (Lipinski definition) is 1. The standard InChI is InChI=1S/C16H23F3N2/c1-3-15(20-2)12-6-8-14(9-7-12)21-10-4-5-13(11-21)16(17,18)19/h6-9,13,15,20H,3-5,10-11H2,1-2H3. The molecule has 0 bridgehead atoms. The summed E-state index contributed by atoms with van der Waals surface area (Å²) in [6.45, 7) is 2.88. The fourth-order valence-corrected chi connectivity index (χ4v) is 3.00. The summed E-state index contributed by atoms with van der Waals surface area (Å²) in [7, 11) is 1.92. The molecular formula is C16H23F3N2. The molecule has 2 unspecified atom stereocenters. The molecule has 0 amide bonds. The van der Waals surface area contributed by atoms with Crippen molar-refractivity contribution in [1.29, 1.82) is 0 Å². The summed E-state index contributed by atoms with van der Waals surface area (Å²) in [4.78, 5) is 1.85.